The molecule has 1 saturated heterocycles. The van der Waals surface area contributed by atoms with Crippen LogP contribution in [0, 0.1) is 34.5 Å². The summed E-state index contributed by atoms with van der Waals surface area (Å²) in [5, 5.41) is 0. The largest absolute Gasteiger partial charge is 0.462 e. The van der Waals surface area contributed by atoms with Gasteiger partial charge in [-0.15, -0.1) is 0 Å². The number of hydrogen-bond donors (Lipinski definition) is 0. The zero-order valence-electron chi connectivity index (χ0n) is 11.9. The molecule has 0 bridgehead atoms. The predicted octanol–water partition coefficient (Wildman–Crippen LogP) is 3.54. The summed E-state index contributed by atoms with van der Waals surface area (Å²) >= 11 is 0. The highest BCUT2D eigenvalue weighted by Crippen LogP contribution is 2.74. The Morgan fingerprint density at radius 1 is 1.00 bits per heavy atom. The van der Waals surface area contributed by atoms with Crippen molar-refractivity contribution in [3.05, 3.63) is 0 Å². The van der Waals surface area contributed by atoms with E-state index in [4.69, 9.17) is 4.74 Å². The Hall–Kier alpha value is -0.530. The Balaban J connectivity index is 1.58. The van der Waals surface area contributed by atoms with Crippen molar-refractivity contribution in [2.24, 2.45) is 34.5 Å². The molecule has 5 aliphatic rings. The number of esters is 1. The first-order chi connectivity index (χ1) is 9.15. The zero-order valence-corrected chi connectivity index (χ0v) is 11.9. The molecule has 4 unspecified atom stereocenters. The summed E-state index contributed by atoms with van der Waals surface area (Å²) in [6.07, 6.45) is 11.5. The molecule has 0 aromatic rings. The van der Waals surface area contributed by atoms with Gasteiger partial charge in [0.2, 0.25) is 0 Å². The van der Waals surface area contributed by atoms with Crippen LogP contribution in [0.3, 0.4) is 0 Å². The molecule has 19 heavy (non-hydrogen) atoms. The van der Waals surface area contributed by atoms with Gasteiger partial charge in [0.15, 0.2) is 0 Å². The topological polar surface area (TPSA) is 26.3 Å². The first-order valence-electron chi connectivity index (χ1n) is 8.36. The van der Waals surface area contributed by atoms with Crippen molar-refractivity contribution in [1.82, 2.24) is 0 Å². The van der Waals surface area contributed by atoms with Gasteiger partial charge in [0.1, 0.15) is 6.10 Å². The molecule has 2 heteroatoms. The SMILES string of the molecule is CC1C(=O)O[C@H]2C1CCC1(CC1)C1CCC3(CC3)C12. The van der Waals surface area contributed by atoms with E-state index in [9.17, 15) is 4.79 Å². The van der Waals surface area contributed by atoms with E-state index in [2.05, 4.69) is 6.92 Å². The van der Waals surface area contributed by atoms with Gasteiger partial charge in [0.25, 0.3) is 0 Å². The summed E-state index contributed by atoms with van der Waals surface area (Å²) in [7, 11) is 0. The number of carbonyl (C=O) groups is 1. The number of ether oxygens (including phenoxy) is 1. The molecule has 2 nitrogen and oxygen atoms in total. The molecule has 2 spiro atoms. The molecule has 4 saturated carbocycles. The Morgan fingerprint density at radius 2 is 1.68 bits per heavy atom. The molecule has 0 aromatic heterocycles. The minimum absolute atomic E-state index is 0.100. The van der Waals surface area contributed by atoms with Gasteiger partial charge in [-0.3, -0.25) is 4.79 Å². The van der Waals surface area contributed by atoms with Gasteiger partial charge in [0, 0.05) is 11.8 Å². The average molecular weight is 260 g/mol. The van der Waals surface area contributed by atoms with Crippen molar-refractivity contribution in [2.75, 3.05) is 0 Å². The molecule has 0 amide bonds. The Kier molecular flexibility index (Phi) is 1.88. The molecule has 1 aliphatic heterocycles. The lowest BCUT2D eigenvalue weighted by molar-refractivity contribution is -0.147. The lowest BCUT2D eigenvalue weighted by Crippen LogP contribution is -2.35. The molecule has 5 rings (SSSR count). The maximum atomic E-state index is 12.0. The molecule has 104 valence electrons. The smallest absolute Gasteiger partial charge is 0.309 e. The minimum atomic E-state index is 0.100. The Labute approximate surface area is 115 Å². The third kappa shape index (κ3) is 1.27. The highest BCUT2D eigenvalue weighted by Gasteiger charge is 2.69. The number of fused-ring (bicyclic) bond motifs is 5. The van der Waals surface area contributed by atoms with E-state index in [0.29, 0.717) is 16.7 Å². The third-order valence-electron chi connectivity index (χ3n) is 7.68. The van der Waals surface area contributed by atoms with Crippen molar-refractivity contribution in [3.63, 3.8) is 0 Å². The van der Waals surface area contributed by atoms with E-state index in [0.717, 1.165) is 11.8 Å². The lowest BCUT2D eigenvalue weighted by atomic mass is 9.74. The second-order valence-electron chi connectivity index (χ2n) is 8.29. The maximum absolute atomic E-state index is 12.0. The number of rotatable bonds is 0. The fourth-order valence-electron chi connectivity index (χ4n) is 6.19. The van der Waals surface area contributed by atoms with Crippen molar-refractivity contribution in [1.29, 1.82) is 0 Å². The second kappa shape index (κ2) is 3.20. The van der Waals surface area contributed by atoms with Gasteiger partial charge in [-0.05, 0) is 68.1 Å². The highest BCUT2D eigenvalue weighted by atomic mass is 16.6. The van der Waals surface area contributed by atoms with Gasteiger partial charge in [-0.2, -0.15) is 0 Å². The van der Waals surface area contributed by atoms with Crippen LogP contribution >= 0.6 is 0 Å². The van der Waals surface area contributed by atoms with Crippen LogP contribution in [-0.4, -0.2) is 12.1 Å². The van der Waals surface area contributed by atoms with Crippen LogP contribution in [0.25, 0.3) is 0 Å². The molecular weight excluding hydrogens is 236 g/mol. The van der Waals surface area contributed by atoms with Crippen LogP contribution in [0.2, 0.25) is 0 Å². The minimum Gasteiger partial charge on any atom is -0.462 e. The second-order valence-corrected chi connectivity index (χ2v) is 8.29. The summed E-state index contributed by atoms with van der Waals surface area (Å²) in [6.45, 7) is 2.11. The van der Waals surface area contributed by atoms with Crippen LogP contribution in [0.15, 0.2) is 0 Å². The zero-order chi connectivity index (χ0) is 12.8. The van der Waals surface area contributed by atoms with Crippen molar-refractivity contribution in [2.45, 2.75) is 64.4 Å². The monoisotopic (exact) mass is 260 g/mol. The number of carbonyl (C=O) groups excluding carboxylic acids is 1. The van der Waals surface area contributed by atoms with Gasteiger partial charge < -0.3 is 4.74 Å². The molecule has 0 aromatic carbocycles. The average Bonchev–Trinajstić information content (AvgIpc) is 3.26. The van der Waals surface area contributed by atoms with Crippen LogP contribution in [0.4, 0.5) is 0 Å². The van der Waals surface area contributed by atoms with Crippen LogP contribution in [0.5, 0.6) is 0 Å². The third-order valence-corrected chi connectivity index (χ3v) is 7.68. The Morgan fingerprint density at radius 3 is 2.37 bits per heavy atom. The summed E-state index contributed by atoms with van der Waals surface area (Å²) in [6, 6.07) is 0. The maximum Gasteiger partial charge on any atom is 0.309 e. The van der Waals surface area contributed by atoms with Gasteiger partial charge >= 0.3 is 5.97 Å². The van der Waals surface area contributed by atoms with E-state index >= 15 is 0 Å². The first kappa shape index (κ1) is 11.2. The quantitative estimate of drug-likeness (QED) is 0.623. The molecular formula is C17H24O2. The summed E-state index contributed by atoms with van der Waals surface area (Å²) in [4.78, 5) is 12.0. The van der Waals surface area contributed by atoms with Crippen molar-refractivity contribution < 1.29 is 9.53 Å². The predicted molar refractivity (Wildman–Crippen MR) is 71.3 cm³/mol. The van der Waals surface area contributed by atoms with Gasteiger partial charge in [0.05, 0.1) is 5.92 Å². The van der Waals surface area contributed by atoms with Crippen molar-refractivity contribution in [3.8, 4) is 0 Å². The van der Waals surface area contributed by atoms with Crippen LogP contribution < -0.4 is 0 Å². The summed E-state index contributed by atoms with van der Waals surface area (Å²) < 4.78 is 5.93. The standard InChI is InChI=1S/C17H24O2/c1-10-11-2-4-16(6-7-16)12-3-5-17(8-9-17)13(12)14(11)19-15(10)18/h10-14H,2-9H2,1H3/t10?,11?,12?,13?,14-/m0/s1. The molecule has 5 atom stereocenters. The summed E-state index contributed by atoms with van der Waals surface area (Å²) in [5.41, 5.74) is 1.30. The van der Waals surface area contributed by atoms with E-state index in [-0.39, 0.29) is 18.0 Å². The normalized spacial score (nSPS) is 51.6. The van der Waals surface area contributed by atoms with E-state index < -0.39 is 0 Å². The van der Waals surface area contributed by atoms with E-state index in [1.807, 2.05) is 0 Å². The van der Waals surface area contributed by atoms with E-state index in [1.54, 1.807) is 0 Å². The van der Waals surface area contributed by atoms with Crippen LogP contribution in [-0.2, 0) is 9.53 Å². The van der Waals surface area contributed by atoms with Crippen molar-refractivity contribution >= 4 is 5.97 Å². The Bertz CT molecular complexity index is 446. The highest BCUT2D eigenvalue weighted by molar-refractivity contribution is 5.75. The number of hydrogen-bond acceptors (Lipinski definition) is 2. The molecule has 0 N–H and O–H groups in total. The lowest BCUT2D eigenvalue weighted by Gasteiger charge is -2.33. The van der Waals surface area contributed by atoms with Gasteiger partial charge in [-0.25, -0.2) is 0 Å². The summed E-state index contributed by atoms with van der Waals surface area (Å²) in [5.74, 6) is 2.43. The van der Waals surface area contributed by atoms with Gasteiger partial charge in [-0.1, -0.05) is 6.92 Å². The fourth-order valence-corrected chi connectivity index (χ4v) is 6.19. The molecule has 4 aliphatic carbocycles. The first-order valence-corrected chi connectivity index (χ1v) is 8.36. The molecule has 0 radical (unpaired) electrons. The van der Waals surface area contributed by atoms with Crippen LogP contribution in [0.1, 0.15) is 58.3 Å². The fraction of sp³-hybridized carbons (Fsp3) is 0.941. The molecule has 1 heterocycles. The van der Waals surface area contributed by atoms with E-state index in [1.165, 1.54) is 51.4 Å². The molecule has 5 fully saturated rings.